The highest BCUT2D eigenvalue weighted by molar-refractivity contribution is 5.94. The fourth-order valence-corrected chi connectivity index (χ4v) is 2.06. The highest BCUT2D eigenvalue weighted by atomic mass is 19.1. The average Bonchev–Trinajstić information content (AvgIpc) is 2.48. The lowest BCUT2D eigenvalue weighted by atomic mass is 10.1. The smallest absolute Gasteiger partial charge is 0.265 e. The van der Waals surface area contributed by atoms with Gasteiger partial charge in [-0.25, -0.2) is 4.39 Å². The van der Waals surface area contributed by atoms with Crippen LogP contribution in [-0.4, -0.2) is 12.0 Å². The Kier molecular flexibility index (Phi) is 5.15. The van der Waals surface area contributed by atoms with E-state index in [9.17, 15) is 9.18 Å². The number of anilines is 1. The second kappa shape index (κ2) is 7.07. The highest BCUT2D eigenvalue weighted by Crippen LogP contribution is 2.19. The topological polar surface area (TPSA) is 38.3 Å². The number of nitrogens with one attached hydrogen (secondary N) is 1. The molecule has 4 heteroatoms. The second-order valence-electron chi connectivity index (χ2n) is 5.26. The minimum Gasteiger partial charge on any atom is -0.481 e. The molecule has 1 N–H and O–H groups in total. The van der Waals surface area contributed by atoms with Crippen LogP contribution >= 0.6 is 0 Å². The molecule has 0 bridgehead atoms. The molecule has 2 aromatic rings. The van der Waals surface area contributed by atoms with Crippen LogP contribution in [-0.2, 0) is 4.79 Å². The van der Waals surface area contributed by atoms with Gasteiger partial charge in [-0.05, 0) is 61.7 Å². The molecule has 0 aliphatic carbocycles. The summed E-state index contributed by atoms with van der Waals surface area (Å²) in [6.07, 6.45) is -0.0981. The first-order chi connectivity index (χ1) is 10.5. The average molecular weight is 301 g/mol. The molecule has 0 spiro atoms. The lowest BCUT2D eigenvalue weighted by Crippen LogP contribution is -2.32. The molecule has 0 heterocycles. The Morgan fingerprint density at radius 1 is 1.18 bits per heavy atom. The van der Waals surface area contributed by atoms with E-state index in [4.69, 9.17) is 4.74 Å². The van der Waals surface area contributed by atoms with Crippen molar-refractivity contribution in [3.8, 4) is 5.75 Å². The van der Waals surface area contributed by atoms with E-state index in [1.807, 2.05) is 39.0 Å². The summed E-state index contributed by atoms with van der Waals surface area (Å²) in [5.41, 5.74) is 2.70. The van der Waals surface area contributed by atoms with Gasteiger partial charge in [-0.3, -0.25) is 4.79 Å². The summed E-state index contributed by atoms with van der Waals surface area (Å²) in [4.78, 5) is 12.3. The Balaban J connectivity index is 2.07. The normalized spacial score (nSPS) is 11.8. The quantitative estimate of drug-likeness (QED) is 0.897. The number of hydrogen-bond acceptors (Lipinski definition) is 2. The van der Waals surface area contributed by atoms with Crippen LogP contribution in [0.25, 0.3) is 0 Å². The standard InChI is InChI=1S/C18H20FNO2/c1-4-17(22-16-9-8-12(2)13(3)10-16)18(21)20-15-7-5-6-14(19)11-15/h5-11,17H,4H2,1-3H3,(H,20,21)/t17-/m1/s1. The maximum Gasteiger partial charge on any atom is 0.265 e. The van der Waals surface area contributed by atoms with Crippen LogP contribution in [0.4, 0.5) is 10.1 Å². The largest absolute Gasteiger partial charge is 0.481 e. The predicted molar refractivity (Wildman–Crippen MR) is 85.7 cm³/mol. The van der Waals surface area contributed by atoms with E-state index >= 15 is 0 Å². The van der Waals surface area contributed by atoms with Gasteiger partial charge in [0.1, 0.15) is 11.6 Å². The van der Waals surface area contributed by atoms with E-state index in [1.54, 1.807) is 12.1 Å². The van der Waals surface area contributed by atoms with E-state index in [2.05, 4.69) is 5.32 Å². The van der Waals surface area contributed by atoms with Gasteiger partial charge < -0.3 is 10.1 Å². The third kappa shape index (κ3) is 4.07. The Hall–Kier alpha value is -2.36. The van der Waals surface area contributed by atoms with Gasteiger partial charge in [0.15, 0.2) is 6.10 Å². The number of benzene rings is 2. The van der Waals surface area contributed by atoms with Crippen molar-refractivity contribution >= 4 is 11.6 Å². The number of carbonyl (C=O) groups excluding carboxylic acids is 1. The van der Waals surface area contributed by atoms with Crippen molar-refractivity contribution in [3.05, 3.63) is 59.4 Å². The molecule has 3 nitrogen and oxygen atoms in total. The Morgan fingerprint density at radius 3 is 2.59 bits per heavy atom. The third-order valence-corrected chi connectivity index (χ3v) is 3.51. The van der Waals surface area contributed by atoms with Crippen molar-refractivity contribution in [1.29, 1.82) is 0 Å². The molecule has 0 aromatic heterocycles. The Morgan fingerprint density at radius 2 is 1.95 bits per heavy atom. The highest BCUT2D eigenvalue weighted by Gasteiger charge is 2.18. The minimum absolute atomic E-state index is 0.286. The second-order valence-corrected chi connectivity index (χ2v) is 5.26. The van der Waals surface area contributed by atoms with Crippen molar-refractivity contribution < 1.29 is 13.9 Å². The molecule has 2 rings (SSSR count). The predicted octanol–water partition coefficient (Wildman–Crippen LogP) is 4.24. The van der Waals surface area contributed by atoms with Gasteiger partial charge >= 0.3 is 0 Å². The molecule has 0 aliphatic rings. The molecule has 0 saturated heterocycles. The van der Waals surface area contributed by atoms with Crippen molar-refractivity contribution in [1.82, 2.24) is 0 Å². The summed E-state index contributed by atoms with van der Waals surface area (Å²) in [5, 5.41) is 2.68. The zero-order valence-electron chi connectivity index (χ0n) is 13.0. The van der Waals surface area contributed by atoms with Crippen molar-refractivity contribution in [2.45, 2.75) is 33.3 Å². The summed E-state index contributed by atoms with van der Waals surface area (Å²) in [6, 6.07) is 11.5. The van der Waals surface area contributed by atoms with Gasteiger partial charge in [-0.1, -0.05) is 19.1 Å². The summed E-state index contributed by atoms with van der Waals surface area (Å²) in [5.74, 6) is -0.0170. The Labute approximate surface area is 130 Å². The number of aryl methyl sites for hydroxylation is 2. The summed E-state index contributed by atoms with van der Waals surface area (Å²) >= 11 is 0. The van der Waals surface area contributed by atoms with Crippen LogP contribution in [0.3, 0.4) is 0 Å². The summed E-state index contributed by atoms with van der Waals surface area (Å²) < 4.78 is 18.9. The zero-order valence-corrected chi connectivity index (χ0v) is 13.0. The number of hydrogen-bond donors (Lipinski definition) is 1. The fourth-order valence-electron chi connectivity index (χ4n) is 2.06. The van der Waals surface area contributed by atoms with Crippen molar-refractivity contribution in [2.75, 3.05) is 5.32 Å². The Bertz CT molecular complexity index is 670. The van der Waals surface area contributed by atoms with Crippen LogP contribution in [0.2, 0.25) is 0 Å². The molecule has 0 fully saturated rings. The third-order valence-electron chi connectivity index (χ3n) is 3.51. The van der Waals surface area contributed by atoms with Gasteiger partial charge in [-0.2, -0.15) is 0 Å². The van der Waals surface area contributed by atoms with E-state index in [1.165, 1.54) is 17.7 Å². The first-order valence-electron chi connectivity index (χ1n) is 7.30. The molecule has 0 aliphatic heterocycles. The van der Waals surface area contributed by atoms with Gasteiger partial charge in [0.2, 0.25) is 0 Å². The first kappa shape index (κ1) is 16.0. The number of amides is 1. The first-order valence-corrected chi connectivity index (χ1v) is 7.30. The number of ether oxygens (including phenoxy) is 1. The number of halogens is 1. The molecule has 0 unspecified atom stereocenters. The van der Waals surface area contributed by atoms with Gasteiger partial charge in [-0.15, -0.1) is 0 Å². The van der Waals surface area contributed by atoms with E-state index in [-0.39, 0.29) is 11.7 Å². The number of rotatable bonds is 5. The zero-order chi connectivity index (χ0) is 16.1. The molecule has 22 heavy (non-hydrogen) atoms. The maximum atomic E-state index is 13.1. The van der Waals surface area contributed by atoms with E-state index in [0.717, 1.165) is 5.56 Å². The van der Waals surface area contributed by atoms with Crippen LogP contribution in [0.1, 0.15) is 24.5 Å². The molecular formula is C18H20FNO2. The van der Waals surface area contributed by atoms with Crippen molar-refractivity contribution in [3.63, 3.8) is 0 Å². The molecular weight excluding hydrogens is 281 g/mol. The number of carbonyl (C=O) groups is 1. The van der Waals surface area contributed by atoms with Crippen LogP contribution in [0, 0.1) is 19.7 Å². The summed E-state index contributed by atoms with van der Waals surface area (Å²) in [7, 11) is 0. The molecule has 2 aromatic carbocycles. The van der Waals surface area contributed by atoms with Crippen LogP contribution in [0.15, 0.2) is 42.5 Å². The SMILES string of the molecule is CC[C@@H](Oc1ccc(C)c(C)c1)C(=O)Nc1cccc(F)c1. The van der Waals surface area contributed by atoms with Gasteiger partial charge in [0.05, 0.1) is 0 Å². The van der Waals surface area contributed by atoms with Crippen LogP contribution < -0.4 is 10.1 Å². The molecule has 1 atom stereocenters. The lowest BCUT2D eigenvalue weighted by molar-refractivity contribution is -0.122. The molecule has 1 amide bonds. The van der Waals surface area contributed by atoms with Crippen LogP contribution in [0.5, 0.6) is 5.75 Å². The minimum atomic E-state index is -0.620. The fraction of sp³-hybridized carbons (Fsp3) is 0.278. The monoisotopic (exact) mass is 301 g/mol. The summed E-state index contributed by atoms with van der Waals surface area (Å²) in [6.45, 7) is 5.89. The van der Waals surface area contributed by atoms with E-state index < -0.39 is 6.10 Å². The van der Waals surface area contributed by atoms with Gasteiger partial charge in [0, 0.05) is 5.69 Å². The molecule has 0 radical (unpaired) electrons. The molecule has 0 saturated carbocycles. The van der Waals surface area contributed by atoms with Crippen molar-refractivity contribution in [2.24, 2.45) is 0 Å². The van der Waals surface area contributed by atoms with Gasteiger partial charge in [0.25, 0.3) is 5.91 Å². The molecule has 116 valence electrons. The lowest BCUT2D eigenvalue weighted by Gasteiger charge is -2.18. The van der Waals surface area contributed by atoms with E-state index in [0.29, 0.717) is 17.9 Å². The maximum absolute atomic E-state index is 13.1.